The molecule has 0 amide bonds. The summed E-state index contributed by atoms with van der Waals surface area (Å²) >= 11 is 1.91. The van der Waals surface area contributed by atoms with Crippen molar-refractivity contribution in [1.29, 1.82) is 0 Å². The molecule has 3 nitrogen and oxygen atoms in total. The highest BCUT2D eigenvalue weighted by Gasteiger charge is 2.20. The first-order chi connectivity index (χ1) is 10.2. The van der Waals surface area contributed by atoms with Gasteiger partial charge in [0, 0.05) is 29.2 Å². The molecule has 3 rings (SSSR count). The van der Waals surface area contributed by atoms with E-state index in [2.05, 4.69) is 50.4 Å². The molecule has 0 fully saturated rings. The van der Waals surface area contributed by atoms with Gasteiger partial charge in [-0.3, -0.25) is 0 Å². The van der Waals surface area contributed by atoms with Crippen molar-refractivity contribution >= 4 is 17.6 Å². The molecule has 110 valence electrons. The van der Waals surface area contributed by atoms with Crippen LogP contribution >= 0.6 is 11.8 Å². The first-order valence-electron chi connectivity index (χ1n) is 7.50. The summed E-state index contributed by atoms with van der Waals surface area (Å²) in [7, 11) is 0. The van der Waals surface area contributed by atoms with E-state index in [0.29, 0.717) is 5.92 Å². The Bertz CT molecular complexity index is 635. The van der Waals surface area contributed by atoms with Crippen LogP contribution in [0.25, 0.3) is 11.4 Å². The highest BCUT2D eigenvalue weighted by molar-refractivity contribution is 7.98. The van der Waals surface area contributed by atoms with Crippen LogP contribution in [-0.4, -0.2) is 16.5 Å². The highest BCUT2D eigenvalue weighted by atomic mass is 32.2. The minimum atomic E-state index is 0.550. The van der Waals surface area contributed by atoms with Crippen molar-refractivity contribution in [2.75, 3.05) is 11.9 Å². The molecule has 1 aliphatic heterocycles. The Morgan fingerprint density at radius 3 is 2.57 bits per heavy atom. The molecular formula is C17H21N3S. The molecule has 0 spiro atoms. The van der Waals surface area contributed by atoms with Crippen LogP contribution in [-0.2, 0) is 11.5 Å². The number of nitrogens with one attached hydrogen (secondary N) is 1. The van der Waals surface area contributed by atoms with Crippen LogP contribution in [0.1, 0.15) is 43.5 Å². The number of aromatic nitrogens is 2. The van der Waals surface area contributed by atoms with Gasteiger partial charge in [0.15, 0.2) is 5.82 Å². The molecule has 0 radical (unpaired) electrons. The zero-order chi connectivity index (χ0) is 14.8. The maximum atomic E-state index is 4.77. The lowest BCUT2D eigenvalue weighted by Gasteiger charge is -2.11. The largest absolute Gasteiger partial charge is 0.370 e. The van der Waals surface area contributed by atoms with Crippen molar-refractivity contribution in [3.63, 3.8) is 0 Å². The third kappa shape index (κ3) is 2.91. The third-order valence-electron chi connectivity index (χ3n) is 3.76. The molecular weight excluding hydrogens is 278 g/mol. The Labute approximate surface area is 130 Å². The maximum absolute atomic E-state index is 4.77. The van der Waals surface area contributed by atoms with Gasteiger partial charge in [0.25, 0.3) is 0 Å². The van der Waals surface area contributed by atoms with Crippen molar-refractivity contribution < 1.29 is 0 Å². The van der Waals surface area contributed by atoms with E-state index < -0.39 is 0 Å². The van der Waals surface area contributed by atoms with Crippen LogP contribution in [0.2, 0.25) is 0 Å². The quantitative estimate of drug-likeness (QED) is 0.905. The molecule has 1 aliphatic rings. The topological polar surface area (TPSA) is 37.8 Å². The van der Waals surface area contributed by atoms with E-state index in [-0.39, 0.29) is 0 Å². The number of fused-ring (bicyclic) bond motifs is 1. The number of nitrogens with zero attached hydrogens (tertiary/aromatic N) is 2. The predicted octanol–water partition coefficient (Wildman–Crippen LogP) is 4.45. The van der Waals surface area contributed by atoms with E-state index in [1.807, 2.05) is 11.8 Å². The smallest absolute Gasteiger partial charge is 0.161 e. The van der Waals surface area contributed by atoms with Crippen molar-refractivity contribution in [2.24, 2.45) is 0 Å². The molecule has 0 bridgehead atoms. The van der Waals surface area contributed by atoms with Crippen LogP contribution in [0.15, 0.2) is 24.3 Å². The summed E-state index contributed by atoms with van der Waals surface area (Å²) in [5.41, 5.74) is 4.92. The molecule has 2 aromatic rings. The molecule has 2 heterocycles. The highest BCUT2D eigenvalue weighted by Crippen LogP contribution is 2.34. The van der Waals surface area contributed by atoms with E-state index in [1.54, 1.807) is 0 Å². The second-order valence-corrected chi connectivity index (χ2v) is 6.61. The summed E-state index contributed by atoms with van der Waals surface area (Å²) in [4.78, 5) is 9.51. The van der Waals surface area contributed by atoms with Gasteiger partial charge in [0.05, 0.1) is 5.69 Å². The van der Waals surface area contributed by atoms with Crippen molar-refractivity contribution in [3.05, 3.63) is 41.1 Å². The predicted molar refractivity (Wildman–Crippen MR) is 90.7 cm³/mol. The van der Waals surface area contributed by atoms with Gasteiger partial charge in [-0.15, -0.1) is 0 Å². The number of anilines is 1. The Balaban J connectivity index is 2.00. The number of thioether (sulfide) groups is 1. The zero-order valence-electron chi connectivity index (χ0n) is 12.8. The Morgan fingerprint density at radius 2 is 1.90 bits per heavy atom. The molecule has 0 aliphatic carbocycles. The second-order valence-electron chi connectivity index (χ2n) is 5.62. The van der Waals surface area contributed by atoms with Crippen LogP contribution < -0.4 is 5.32 Å². The second kappa shape index (κ2) is 6.06. The number of benzene rings is 1. The molecule has 1 aromatic carbocycles. The Hall–Kier alpha value is -1.55. The van der Waals surface area contributed by atoms with Crippen molar-refractivity contribution in [2.45, 2.75) is 38.2 Å². The average Bonchev–Trinajstić information content (AvgIpc) is 2.96. The summed E-state index contributed by atoms with van der Waals surface area (Å²) in [6.07, 6.45) is 0. The lowest BCUT2D eigenvalue weighted by atomic mass is 10.0. The van der Waals surface area contributed by atoms with Gasteiger partial charge in [-0.05, 0) is 18.4 Å². The molecule has 21 heavy (non-hydrogen) atoms. The van der Waals surface area contributed by atoms with Gasteiger partial charge in [-0.2, -0.15) is 11.8 Å². The summed E-state index contributed by atoms with van der Waals surface area (Å²) in [6.45, 7) is 7.41. The van der Waals surface area contributed by atoms with Gasteiger partial charge in [0.2, 0.25) is 0 Å². The summed E-state index contributed by atoms with van der Waals surface area (Å²) in [5.74, 6) is 4.41. The number of rotatable bonds is 4. The summed E-state index contributed by atoms with van der Waals surface area (Å²) in [6, 6.07) is 8.63. The van der Waals surface area contributed by atoms with E-state index in [0.717, 1.165) is 35.3 Å². The van der Waals surface area contributed by atoms with Crippen molar-refractivity contribution in [1.82, 2.24) is 9.97 Å². The van der Waals surface area contributed by atoms with E-state index in [1.165, 1.54) is 16.8 Å². The average molecular weight is 299 g/mol. The fraction of sp³-hybridized carbons (Fsp3) is 0.412. The van der Waals surface area contributed by atoms with Gasteiger partial charge < -0.3 is 5.32 Å². The van der Waals surface area contributed by atoms with E-state index >= 15 is 0 Å². The van der Waals surface area contributed by atoms with Crippen LogP contribution in [0.3, 0.4) is 0 Å². The minimum absolute atomic E-state index is 0.550. The van der Waals surface area contributed by atoms with Gasteiger partial charge in [-0.25, -0.2) is 9.97 Å². The van der Waals surface area contributed by atoms with Crippen LogP contribution in [0.4, 0.5) is 5.82 Å². The summed E-state index contributed by atoms with van der Waals surface area (Å²) in [5, 5.41) is 3.38. The Morgan fingerprint density at radius 1 is 1.14 bits per heavy atom. The van der Waals surface area contributed by atoms with Crippen LogP contribution in [0, 0.1) is 0 Å². The fourth-order valence-corrected chi connectivity index (χ4v) is 3.55. The normalized spacial score (nSPS) is 13.5. The van der Waals surface area contributed by atoms with E-state index in [9.17, 15) is 0 Å². The van der Waals surface area contributed by atoms with Crippen molar-refractivity contribution in [3.8, 4) is 11.4 Å². The van der Waals surface area contributed by atoms with Gasteiger partial charge in [-0.1, -0.05) is 38.1 Å². The molecule has 0 atom stereocenters. The fourth-order valence-electron chi connectivity index (χ4n) is 2.51. The van der Waals surface area contributed by atoms with E-state index in [4.69, 9.17) is 9.97 Å². The lowest BCUT2D eigenvalue weighted by Crippen LogP contribution is -2.06. The van der Waals surface area contributed by atoms with Gasteiger partial charge >= 0.3 is 0 Å². The SMILES string of the molecule is CCNc1nc(-c2ccc(C(C)C)cc2)nc2c1CSC2. The molecule has 1 N–H and O–H groups in total. The standard InChI is InChI=1S/C17H21N3S/c1-4-18-17-14-9-21-10-15(14)19-16(20-17)13-7-5-12(6-8-13)11(2)3/h5-8,11H,4,9-10H2,1-3H3,(H,18,19,20). The minimum Gasteiger partial charge on any atom is -0.370 e. The molecule has 0 saturated carbocycles. The Kier molecular flexibility index (Phi) is 4.15. The van der Waals surface area contributed by atoms with Crippen LogP contribution in [0.5, 0.6) is 0 Å². The first kappa shape index (κ1) is 14.4. The molecule has 0 saturated heterocycles. The maximum Gasteiger partial charge on any atom is 0.161 e. The molecule has 4 heteroatoms. The monoisotopic (exact) mass is 299 g/mol. The first-order valence-corrected chi connectivity index (χ1v) is 8.66. The number of hydrogen-bond donors (Lipinski definition) is 1. The summed E-state index contributed by atoms with van der Waals surface area (Å²) < 4.78 is 0. The third-order valence-corrected chi connectivity index (χ3v) is 4.73. The van der Waals surface area contributed by atoms with Gasteiger partial charge in [0.1, 0.15) is 5.82 Å². The lowest BCUT2D eigenvalue weighted by molar-refractivity contribution is 0.867. The number of hydrogen-bond acceptors (Lipinski definition) is 4. The zero-order valence-corrected chi connectivity index (χ0v) is 13.6. The molecule has 0 unspecified atom stereocenters. The molecule has 1 aromatic heterocycles.